The van der Waals surface area contributed by atoms with Crippen LogP contribution < -0.4 is 0 Å². The van der Waals surface area contributed by atoms with E-state index in [-0.39, 0.29) is 26.1 Å². The first-order chi connectivity index (χ1) is 6.47. The van der Waals surface area contributed by atoms with Gasteiger partial charge in [-0.1, -0.05) is 0 Å². The fraction of sp³-hybridized carbons (Fsp3) is 0.625. The smallest absolute Gasteiger partial charge is 0.317 e. The SMILES string of the molecule is [CH2]C(CC(=O)O)N(CCO)CC(=O)O. The number of hydrogen-bond acceptors (Lipinski definition) is 4. The largest absolute Gasteiger partial charge is 0.481 e. The Morgan fingerprint density at radius 2 is 1.86 bits per heavy atom. The summed E-state index contributed by atoms with van der Waals surface area (Å²) in [4.78, 5) is 22.0. The zero-order valence-corrected chi connectivity index (χ0v) is 7.72. The first-order valence-corrected chi connectivity index (χ1v) is 4.09. The molecule has 6 nitrogen and oxygen atoms in total. The van der Waals surface area contributed by atoms with Crippen molar-refractivity contribution in [2.45, 2.75) is 12.5 Å². The molecule has 3 N–H and O–H groups in total. The van der Waals surface area contributed by atoms with Gasteiger partial charge in [-0.05, 0) is 6.92 Å². The standard InChI is InChI=1S/C8H14NO5/c1-6(4-7(11)12)9(2-3-10)5-8(13)14/h6,10H,1-5H2,(H,11,12)(H,13,14). The van der Waals surface area contributed by atoms with Crippen molar-refractivity contribution >= 4 is 11.9 Å². The second-order valence-electron chi connectivity index (χ2n) is 2.84. The fourth-order valence-corrected chi connectivity index (χ4v) is 1.02. The average molecular weight is 204 g/mol. The third-order valence-electron chi connectivity index (χ3n) is 1.65. The van der Waals surface area contributed by atoms with E-state index in [9.17, 15) is 9.59 Å². The van der Waals surface area contributed by atoms with Crippen LogP contribution in [0.25, 0.3) is 0 Å². The molecule has 0 fully saturated rings. The molecule has 0 spiro atoms. The summed E-state index contributed by atoms with van der Waals surface area (Å²) >= 11 is 0. The molecule has 0 aliphatic heterocycles. The highest BCUT2D eigenvalue weighted by molar-refractivity contribution is 5.70. The Bertz CT molecular complexity index is 206. The highest BCUT2D eigenvalue weighted by Gasteiger charge is 2.18. The normalized spacial score (nSPS) is 12.8. The van der Waals surface area contributed by atoms with Crippen molar-refractivity contribution in [2.24, 2.45) is 0 Å². The number of carboxylic acids is 2. The van der Waals surface area contributed by atoms with E-state index in [0.29, 0.717) is 0 Å². The average Bonchev–Trinajstić information content (AvgIpc) is 2.01. The van der Waals surface area contributed by atoms with Gasteiger partial charge in [0.2, 0.25) is 0 Å². The van der Waals surface area contributed by atoms with Crippen LogP contribution in [0.4, 0.5) is 0 Å². The molecule has 1 radical (unpaired) electrons. The Kier molecular flexibility index (Phi) is 5.82. The summed E-state index contributed by atoms with van der Waals surface area (Å²) in [5, 5.41) is 25.6. The number of aliphatic carboxylic acids is 2. The summed E-state index contributed by atoms with van der Waals surface area (Å²) in [7, 11) is 0. The molecule has 6 heteroatoms. The Morgan fingerprint density at radius 3 is 2.21 bits per heavy atom. The third-order valence-corrected chi connectivity index (χ3v) is 1.65. The maximum absolute atomic E-state index is 10.4. The number of hydrogen-bond donors (Lipinski definition) is 3. The van der Waals surface area contributed by atoms with Gasteiger partial charge in [0, 0.05) is 12.6 Å². The van der Waals surface area contributed by atoms with Gasteiger partial charge in [-0.2, -0.15) is 0 Å². The van der Waals surface area contributed by atoms with Crippen molar-refractivity contribution in [1.29, 1.82) is 0 Å². The number of rotatable bonds is 7. The molecular weight excluding hydrogens is 190 g/mol. The van der Waals surface area contributed by atoms with E-state index in [2.05, 4.69) is 6.92 Å². The zero-order valence-electron chi connectivity index (χ0n) is 7.72. The zero-order chi connectivity index (χ0) is 11.1. The van der Waals surface area contributed by atoms with Crippen LogP contribution >= 0.6 is 0 Å². The van der Waals surface area contributed by atoms with Gasteiger partial charge >= 0.3 is 11.9 Å². The second kappa shape index (κ2) is 6.33. The molecule has 0 aliphatic rings. The Hall–Kier alpha value is -1.14. The van der Waals surface area contributed by atoms with E-state index < -0.39 is 18.0 Å². The second-order valence-corrected chi connectivity index (χ2v) is 2.84. The number of aliphatic hydroxyl groups excluding tert-OH is 1. The summed E-state index contributed by atoms with van der Waals surface area (Å²) in [6.45, 7) is 3.08. The molecule has 81 valence electrons. The van der Waals surface area contributed by atoms with E-state index >= 15 is 0 Å². The van der Waals surface area contributed by atoms with Crippen LogP contribution in [-0.4, -0.2) is 57.9 Å². The summed E-state index contributed by atoms with van der Waals surface area (Å²) < 4.78 is 0. The molecule has 0 saturated carbocycles. The van der Waals surface area contributed by atoms with Crippen LogP contribution in [0.5, 0.6) is 0 Å². The minimum atomic E-state index is -1.07. The molecular formula is C8H14NO5. The quantitative estimate of drug-likeness (QED) is 0.494. The first kappa shape index (κ1) is 12.9. The first-order valence-electron chi connectivity index (χ1n) is 4.09. The van der Waals surface area contributed by atoms with Crippen molar-refractivity contribution in [3.8, 4) is 0 Å². The van der Waals surface area contributed by atoms with Crippen LogP contribution in [0.15, 0.2) is 0 Å². The molecule has 0 aromatic carbocycles. The molecule has 1 atom stereocenters. The van der Waals surface area contributed by atoms with Crippen LogP contribution in [0.2, 0.25) is 0 Å². The molecule has 0 aromatic heterocycles. The minimum absolute atomic E-state index is 0.105. The lowest BCUT2D eigenvalue weighted by molar-refractivity contribution is -0.142. The summed E-state index contributed by atoms with van der Waals surface area (Å²) in [5.74, 6) is -2.11. The summed E-state index contributed by atoms with van der Waals surface area (Å²) in [5.41, 5.74) is 0. The predicted molar refractivity (Wildman–Crippen MR) is 47.7 cm³/mol. The topological polar surface area (TPSA) is 98.1 Å². The molecule has 0 bridgehead atoms. The molecule has 0 aromatic rings. The van der Waals surface area contributed by atoms with E-state index in [1.165, 1.54) is 4.90 Å². The van der Waals surface area contributed by atoms with Gasteiger partial charge in [-0.3, -0.25) is 14.5 Å². The number of carbonyl (C=O) groups is 2. The number of aliphatic hydroxyl groups is 1. The van der Waals surface area contributed by atoms with Crippen LogP contribution in [0, 0.1) is 6.92 Å². The third kappa shape index (κ3) is 5.50. The molecule has 0 heterocycles. The molecule has 14 heavy (non-hydrogen) atoms. The number of nitrogens with zero attached hydrogens (tertiary/aromatic N) is 1. The molecule has 1 unspecified atom stereocenters. The summed E-state index contributed by atoms with van der Waals surface area (Å²) in [6.07, 6.45) is -0.243. The van der Waals surface area contributed by atoms with Gasteiger partial charge in [0.15, 0.2) is 0 Å². The van der Waals surface area contributed by atoms with Crippen molar-refractivity contribution in [1.82, 2.24) is 4.90 Å². The van der Waals surface area contributed by atoms with Gasteiger partial charge in [-0.15, -0.1) is 0 Å². The number of carboxylic acid groups (broad SMARTS) is 2. The highest BCUT2D eigenvalue weighted by Crippen LogP contribution is 2.02. The maximum Gasteiger partial charge on any atom is 0.317 e. The Balaban J connectivity index is 4.16. The monoisotopic (exact) mass is 204 g/mol. The van der Waals surface area contributed by atoms with E-state index in [4.69, 9.17) is 15.3 Å². The van der Waals surface area contributed by atoms with E-state index in [0.717, 1.165) is 0 Å². The van der Waals surface area contributed by atoms with Crippen LogP contribution in [0.1, 0.15) is 6.42 Å². The van der Waals surface area contributed by atoms with Gasteiger partial charge in [0.05, 0.1) is 19.6 Å². The van der Waals surface area contributed by atoms with Gasteiger partial charge in [-0.25, -0.2) is 0 Å². The molecule has 0 amide bonds. The van der Waals surface area contributed by atoms with E-state index in [1.54, 1.807) is 0 Å². The van der Waals surface area contributed by atoms with Crippen molar-refractivity contribution in [3.05, 3.63) is 6.92 Å². The molecule has 0 aliphatic carbocycles. The van der Waals surface area contributed by atoms with E-state index in [1.807, 2.05) is 0 Å². The van der Waals surface area contributed by atoms with Gasteiger partial charge in [0.1, 0.15) is 0 Å². The lowest BCUT2D eigenvalue weighted by Crippen LogP contribution is -2.40. The Labute approximate surface area is 81.8 Å². The highest BCUT2D eigenvalue weighted by atomic mass is 16.4. The lowest BCUT2D eigenvalue weighted by atomic mass is 10.2. The van der Waals surface area contributed by atoms with Crippen LogP contribution in [0.3, 0.4) is 0 Å². The minimum Gasteiger partial charge on any atom is -0.481 e. The fourth-order valence-electron chi connectivity index (χ4n) is 1.02. The maximum atomic E-state index is 10.4. The molecule has 0 saturated heterocycles. The van der Waals surface area contributed by atoms with Crippen LogP contribution in [-0.2, 0) is 9.59 Å². The molecule has 0 rings (SSSR count). The summed E-state index contributed by atoms with van der Waals surface area (Å²) in [6, 6.07) is -0.643. The van der Waals surface area contributed by atoms with Gasteiger partial charge < -0.3 is 15.3 Å². The van der Waals surface area contributed by atoms with Crippen molar-refractivity contribution < 1.29 is 24.9 Å². The Morgan fingerprint density at radius 1 is 1.29 bits per heavy atom. The lowest BCUT2D eigenvalue weighted by Gasteiger charge is -2.25. The van der Waals surface area contributed by atoms with Crippen molar-refractivity contribution in [3.63, 3.8) is 0 Å². The van der Waals surface area contributed by atoms with Crippen molar-refractivity contribution in [2.75, 3.05) is 19.7 Å². The van der Waals surface area contributed by atoms with Gasteiger partial charge in [0.25, 0.3) is 0 Å². The predicted octanol–water partition coefficient (Wildman–Crippen LogP) is -0.957.